The highest BCUT2D eigenvalue weighted by atomic mass is 16.3. The van der Waals surface area contributed by atoms with Crippen LogP contribution in [0.25, 0.3) is 55.4 Å². The van der Waals surface area contributed by atoms with Crippen molar-refractivity contribution in [1.82, 2.24) is 19.1 Å². The first-order valence-electron chi connectivity index (χ1n) is 10.8. The van der Waals surface area contributed by atoms with E-state index in [0.29, 0.717) is 0 Å². The number of aromatic nitrogens is 4. The molecule has 6 heteroatoms. The summed E-state index contributed by atoms with van der Waals surface area (Å²) in [6.07, 6.45) is 3.90. The number of rotatable bonds is 0. The molecule has 2 aliphatic heterocycles. The van der Waals surface area contributed by atoms with Gasteiger partial charge in [-0.25, -0.2) is 9.97 Å². The Bertz CT molecular complexity index is 1960. The molecule has 0 spiro atoms. The van der Waals surface area contributed by atoms with Gasteiger partial charge in [0.05, 0.1) is 27.8 Å². The third-order valence-corrected chi connectivity index (χ3v) is 7.27. The predicted octanol–water partition coefficient (Wildman–Crippen LogP) is 3.41. The van der Waals surface area contributed by atoms with E-state index in [9.17, 15) is 0 Å². The molecule has 0 aliphatic carbocycles. The molecular formula is C26H13BN4O. The van der Waals surface area contributed by atoms with Gasteiger partial charge in [0.1, 0.15) is 18.2 Å². The second-order valence-electron chi connectivity index (χ2n) is 8.72. The summed E-state index contributed by atoms with van der Waals surface area (Å²) in [6, 6.07) is 23.5. The van der Waals surface area contributed by atoms with Crippen molar-refractivity contribution in [2.75, 3.05) is 0 Å². The molecule has 0 amide bonds. The normalized spacial score (nSPS) is 13.6. The van der Waals surface area contributed by atoms with Crippen LogP contribution in [0.2, 0.25) is 0 Å². The summed E-state index contributed by atoms with van der Waals surface area (Å²) < 4.78 is 11.0. The van der Waals surface area contributed by atoms with E-state index < -0.39 is 0 Å². The number of para-hydroxylation sites is 3. The number of furan rings is 1. The highest BCUT2D eigenvalue weighted by Gasteiger charge is 2.41. The van der Waals surface area contributed by atoms with Crippen LogP contribution in [0.1, 0.15) is 0 Å². The molecule has 0 N–H and O–H groups in total. The minimum atomic E-state index is 0.110. The van der Waals surface area contributed by atoms with Gasteiger partial charge in [0.25, 0.3) is 6.71 Å². The lowest BCUT2D eigenvalue weighted by Gasteiger charge is -2.32. The van der Waals surface area contributed by atoms with Gasteiger partial charge in [0.15, 0.2) is 5.58 Å². The topological polar surface area (TPSA) is 48.8 Å². The maximum absolute atomic E-state index is 6.51. The van der Waals surface area contributed by atoms with Gasteiger partial charge in [0.2, 0.25) is 0 Å². The Morgan fingerprint density at radius 2 is 1.44 bits per heavy atom. The van der Waals surface area contributed by atoms with Gasteiger partial charge < -0.3 is 4.42 Å². The number of fused-ring (bicyclic) bond motifs is 8. The van der Waals surface area contributed by atoms with E-state index in [-0.39, 0.29) is 6.71 Å². The first kappa shape index (κ1) is 15.5. The number of benzene rings is 4. The van der Waals surface area contributed by atoms with Crippen molar-refractivity contribution in [3.63, 3.8) is 0 Å². The fourth-order valence-electron chi connectivity index (χ4n) is 6.05. The molecule has 0 fully saturated rings. The largest absolute Gasteiger partial charge is 0.454 e. The van der Waals surface area contributed by atoms with Gasteiger partial charge in [-0.15, -0.1) is 0 Å². The fourth-order valence-corrected chi connectivity index (χ4v) is 6.05. The lowest BCUT2D eigenvalue weighted by atomic mass is 9.34. The number of imidazole rings is 2. The average Bonchev–Trinajstić information content (AvgIpc) is 3.54. The van der Waals surface area contributed by atoms with Crippen LogP contribution >= 0.6 is 0 Å². The Morgan fingerprint density at radius 3 is 2.25 bits per heavy atom. The second-order valence-corrected chi connectivity index (χ2v) is 8.72. The number of nitrogens with zero attached hydrogens (tertiary/aromatic N) is 4. The standard InChI is InChI=1S/C26H13BN4O/c1-2-10-21-14(5-1)15-11-20-22-25(26(15)32-21)31-13-29-19-9-4-7-17(24(19)31)27(22)16-6-3-8-18-23(16)30(20)12-28-18/h1-13H. The van der Waals surface area contributed by atoms with Crippen molar-refractivity contribution >= 4 is 67.1 Å². The van der Waals surface area contributed by atoms with Crippen molar-refractivity contribution < 1.29 is 4.42 Å². The second kappa shape index (κ2) is 4.94. The monoisotopic (exact) mass is 408 g/mol. The van der Waals surface area contributed by atoms with Crippen LogP contribution in [0.5, 0.6) is 0 Å². The van der Waals surface area contributed by atoms with Crippen LogP contribution < -0.4 is 16.4 Å². The SMILES string of the molecule is c1cc2c3c(c1)ncn3-c1cc3c(oc4ccccc43)c3c1B2c1cccc2ncn-3c12. The van der Waals surface area contributed by atoms with Gasteiger partial charge in [0, 0.05) is 16.5 Å². The Hall–Kier alpha value is -4.32. The minimum Gasteiger partial charge on any atom is -0.454 e. The lowest BCUT2D eigenvalue weighted by molar-refractivity contribution is 0.666. The zero-order valence-electron chi connectivity index (χ0n) is 16.8. The molecule has 0 atom stereocenters. The Kier molecular flexibility index (Phi) is 2.39. The third kappa shape index (κ3) is 1.54. The number of hydrogen-bond donors (Lipinski definition) is 0. The molecule has 0 saturated carbocycles. The summed E-state index contributed by atoms with van der Waals surface area (Å²) in [5.74, 6) is 0. The van der Waals surface area contributed by atoms with E-state index in [2.05, 4.69) is 63.7 Å². The molecule has 0 radical (unpaired) electrons. The smallest absolute Gasteiger partial charge is 0.252 e. The van der Waals surface area contributed by atoms with Crippen LogP contribution in [0.4, 0.5) is 0 Å². The van der Waals surface area contributed by atoms with Crippen molar-refractivity contribution in [3.05, 3.63) is 79.4 Å². The van der Waals surface area contributed by atoms with E-state index >= 15 is 0 Å². The molecule has 146 valence electrons. The zero-order chi connectivity index (χ0) is 20.6. The maximum Gasteiger partial charge on any atom is 0.252 e. The first-order chi connectivity index (χ1) is 15.9. The summed E-state index contributed by atoms with van der Waals surface area (Å²) in [5.41, 5.74) is 12.3. The van der Waals surface area contributed by atoms with Gasteiger partial charge >= 0.3 is 0 Å². The molecule has 5 nitrogen and oxygen atoms in total. The predicted molar refractivity (Wildman–Crippen MR) is 128 cm³/mol. The van der Waals surface area contributed by atoms with Crippen molar-refractivity contribution in [2.45, 2.75) is 0 Å². The molecule has 32 heavy (non-hydrogen) atoms. The van der Waals surface area contributed by atoms with Crippen LogP contribution in [0, 0.1) is 0 Å². The lowest BCUT2D eigenvalue weighted by Crippen LogP contribution is -2.59. The molecule has 2 aliphatic rings. The highest BCUT2D eigenvalue weighted by Crippen LogP contribution is 2.38. The van der Waals surface area contributed by atoms with Crippen molar-refractivity contribution in [2.24, 2.45) is 0 Å². The van der Waals surface area contributed by atoms with Gasteiger partial charge in [-0.2, -0.15) is 0 Å². The molecule has 4 aromatic carbocycles. The van der Waals surface area contributed by atoms with Crippen LogP contribution in [0.3, 0.4) is 0 Å². The van der Waals surface area contributed by atoms with E-state index in [4.69, 9.17) is 14.4 Å². The van der Waals surface area contributed by atoms with Crippen molar-refractivity contribution in [1.29, 1.82) is 0 Å². The van der Waals surface area contributed by atoms with Gasteiger partial charge in [-0.05, 0) is 40.7 Å². The van der Waals surface area contributed by atoms with Crippen LogP contribution in [-0.2, 0) is 0 Å². The Morgan fingerprint density at radius 1 is 0.719 bits per heavy atom. The van der Waals surface area contributed by atoms with E-state index in [1.54, 1.807) is 0 Å². The fraction of sp³-hybridized carbons (Fsp3) is 0. The molecule has 0 unspecified atom stereocenters. The first-order valence-corrected chi connectivity index (χ1v) is 10.8. The summed E-state index contributed by atoms with van der Waals surface area (Å²) >= 11 is 0. The summed E-state index contributed by atoms with van der Waals surface area (Å²) in [6.45, 7) is 0.110. The molecule has 9 rings (SSSR count). The summed E-state index contributed by atoms with van der Waals surface area (Å²) in [7, 11) is 0. The van der Waals surface area contributed by atoms with Crippen molar-refractivity contribution in [3.8, 4) is 11.4 Å². The molecule has 7 aromatic rings. The van der Waals surface area contributed by atoms with Gasteiger partial charge in [-0.3, -0.25) is 9.13 Å². The van der Waals surface area contributed by atoms with E-state index in [0.717, 1.165) is 44.2 Å². The molecule has 3 aromatic heterocycles. The molecule has 0 bridgehead atoms. The highest BCUT2D eigenvalue weighted by molar-refractivity contribution is 7.00. The van der Waals surface area contributed by atoms with E-state index in [1.165, 1.54) is 27.6 Å². The molecular weight excluding hydrogens is 395 g/mol. The molecule has 5 heterocycles. The summed E-state index contributed by atoms with van der Waals surface area (Å²) in [5, 5.41) is 2.25. The third-order valence-electron chi connectivity index (χ3n) is 7.27. The summed E-state index contributed by atoms with van der Waals surface area (Å²) in [4.78, 5) is 9.50. The number of hydrogen-bond acceptors (Lipinski definition) is 3. The minimum absolute atomic E-state index is 0.110. The van der Waals surface area contributed by atoms with Gasteiger partial charge in [-0.1, -0.05) is 42.5 Å². The van der Waals surface area contributed by atoms with Crippen LogP contribution in [-0.4, -0.2) is 25.8 Å². The maximum atomic E-state index is 6.51. The van der Waals surface area contributed by atoms with E-state index in [1.807, 2.05) is 24.8 Å². The van der Waals surface area contributed by atoms with Crippen LogP contribution in [0.15, 0.2) is 83.8 Å². The average molecular weight is 408 g/mol. The Labute approximate surface area is 181 Å². The quantitative estimate of drug-likeness (QED) is 0.362. The molecule has 0 saturated heterocycles. The Balaban J connectivity index is 1.62. The zero-order valence-corrected chi connectivity index (χ0v) is 16.8.